The first-order valence-electron chi connectivity index (χ1n) is 6.44. The molecule has 0 saturated carbocycles. The van der Waals surface area contributed by atoms with Crippen molar-refractivity contribution in [1.82, 2.24) is 9.80 Å². The van der Waals surface area contributed by atoms with Gasteiger partial charge in [-0.3, -0.25) is 4.90 Å². The van der Waals surface area contributed by atoms with Crippen molar-refractivity contribution in [2.45, 2.75) is 19.9 Å². The second kappa shape index (κ2) is 7.62. The molecule has 2 N–H and O–H groups in total. The first-order chi connectivity index (χ1) is 8.52. The molecule has 0 bridgehead atoms. The Kier molecular flexibility index (Phi) is 6.47. The second-order valence-corrected chi connectivity index (χ2v) is 5.28. The van der Waals surface area contributed by atoms with Crippen molar-refractivity contribution in [3.8, 4) is 0 Å². The molecule has 0 spiro atoms. The van der Waals surface area contributed by atoms with Gasteiger partial charge in [-0.2, -0.15) is 0 Å². The summed E-state index contributed by atoms with van der Waals surface area (Å²) < 4.78 is 0. The summed E-state index contributed by atoms with van der Waals surface area (Å²) in [7, 11) is 4.21. The maximum atomic E-state index is 6.20. The Morgan fingerprint density at radius 1 is 1.22 bits per heavy atom. The van der Waals surface area contributed by atoms with Crippen LogP contribution in [0.3, 0.4) is 0 Å². The van der Waals surface area contributed by atoms with Gasteiger partial charge in [0.25, 0.3) is 0 Å². The molecule has 0 heterocycles. The number of nitrogens with two attached hydrogens (primary N) is 1. The zero-order valence-corrected chi connectivity index (χ0v) is 12.4. The van der Waals surface area contributed by atoms with E-state index in [9.17, 15) is 0 Å². The van der Waals surface area contributed by atoms with Crippen LogP contribution in [0.2, 0.25) is 5.02 Å². The van der Waals surface area contributed by atoms with Gasteiger partial charge in [-0.1, -0.05) is 24.6 Å². The molecular weight excluding hydrogens is 246 g/mol. The van der Waals surface area contributed by atoms with Gasteiger partial charge in [0.05, 0.1) is 0 Å². The normalized spacial score (nSPS) is 11.4. The molecule has 0 radical (unpaired) electrons. The van der Waals surface area contributed by atoms with Gasteiger partial charge in [0, 0.05) is 17.3 Å². The monoisotopic (exact) mass is 269 g/mol. The van der Waals surface area contributed by atoms with E-state index in [1.807, 2.05) is 18.2 Å². The number of nitrogen functional groups attached to an aromatic ring is 1. The van der Waals surface area contributed by atoms with E-state index in [0.717, 1.165) is 42.5 Å². The van der Waals surface area contributed by atoms with Crippen LogP contribution in [0.25, 0.3) is 0 Å². The van der Waals surface area contributed by atoms with Crippen LogP contribution in [0, 0.1) is 0 Å². The van der Waals surface area contributed by atoms with E-state index in [1.165, 1.54) is 6.42 Å². The van der Waals surface area contributed by atoms with Crippen LogP contribution in [-0.4, -0.2) is 43.5 Å². The number of halogens is 1. The lowest BCUT2D eigenvalue weighted by Gasteiger charge is -2.22. The van der Waals surface area contributed by atoms with Crippen LogP contribution in [0.4, 0.5) is 5.69 Å². The van der Waals surface area contributed by atoms with Crippen LogP contribution in [0.15, 0.2) is 18.2 Å². The fourth-order valence-electron chi connectivity index (χ4n) is 1.89. The fourth-order valence-corrected chi connectivity index (χ4v) is 2.14. The summed E-state index contributed by atoms with van der Waals surface area (Å²) in [5.74, 6) is 0. The topological polar surface area (TPSA) is 32.5 Å². The van der Waals surface area contributed by atoms with Crippen molar-refractivity contribution >= 4 is 17.3 Å². The molecule has 0 fully saturated rings. The number of hydrogen-bond acceptors (Lipinski definition) is 3. The van der Waals surface area contributed by atoms with Gasteiger partial charge in [-0.15, -0.1) is 0 Å². The smallest absolute Gasteiger partial charge is 0.0471 e. The van der Waals surface area contributed by atoms with E-state index in [1.54, 1.807) is 0 Å². The van der Waals surface area contributed by atoms with Gasteiger partial charge in [0.15, 0.2) is 0 Å². The van der Waals surface area contributed by atoms with Crippen molar-refractivity contribution < 1.29 is 0 Å². The minimum Gasteiger partial charge on any atom is -0.399 e. The highest BCUT2D eigenvalue weighted by atomic mass is 35.5. The molecule has 1 aromatic rings. The van der Waals surface area contributed by atoms with E-state index in [0.29, 0.717) is 0 Å². The molecule has 102 valence electrons. The quantitative estimate of drug-likeness (QED) is 0.773. The van der Waals surface area contributed by atoms with Gasteiger partial charge in [0.2, 0.25) is 0 Å². The van der Waals surface area contributed by atoms with E-state index >= 15 is 0 Å². The molecule has 18 heavy (non-hydrogen) atoms. The van der Waals surface area contributed by atoms with Crippen LogP contribution in [0.5, 0.6) is 0 Å². The van der Waals surface area contributed by atoms with E-state index in [2.05, 4.69) is 30.8 Å². The van der Waals surface area contributed by atoms with E-state index < -0.39 is 0 Å². The maximum Gasteiger partial charge on any atom is 0.0471 e. The van der Waals surface area contributed by atoms with Gasteiger partial charge < -0.3 is 10.6 Å². The third kappa shape index (κ3) is 5.25. The Bertz CT molecular complexity index is 366. The van der Waals surface area contributed by atoms with E-state index in [4.69, 9.17) is 17.3 Å². The summed E-state index contributed by atoms with van der Waals surface area (Å²) >= 11 is 6.20. The number of anilines is 1. The van der Waals surface area contributed by atoms with Gasteiger partial charge >= 0.3 is 0 Å². The molecule has 4 heteroatoms. The number of benzene rings is 1. The summed E-state index contributed by atoms with van der Waals surface area (Å²) in [6, 6.07) is 5.76. The maximum absolute atomic E-state index is 6.20. The van der Waals surface area contributed by atoms with Crippen LogP contribution in [0.1, 0.15) is 18.9 Å². The summed E-state index contributed by atoms with van der Waals surface area (Å²) in [5, 5.41) is 0.765. The number of rotatable bonds is 7. The molecule has 3 nitrogen and oxygen atoms in total. The Morgan fingerprint density at radius 2 is 1.94 bits per heavy atom. The molecule has 0 amide bonds. The summed E-state index contributed by atoms with van der Waals surface area (Å²) in [6.45, 7) is 6.32. The SMILES string of the molecule is CCN(CCCN(C)C)Cc1ccc(N)cc1Cl. The average molecular weight is 270 g/mol. The lowest BCUT2D eigenvalue weighted by atomic mass is 10.2. The zero-order valence-electron chi connectivity index (χ0n) is 11.6. The molecule has 1 rings (SSSR count). The predicted octanol–water partition coefficient (Wildman–Crippen LogP) is 2.70. The molecule has 0 aliphatic heterocycles. The Labute approximate surface area is 116 Å². The van der Waals surface area contributed by atoms with Gasteiger partial charge in [-0.05, 0) is 57.8 Å². The minimum absolute atomic E-state index is 0.722. The van der Waals surface area contributed by atoms with Crippen molar-refractivity contribution in [3.63, 3.8) is 0 Å². The highest BCUT2D eigenvalue weighted by Crippen LogP contribution is 2.20. The lowest BCUT2D eigenvalue weighted by molar-refractivity contribution is 0.259. The Morgan fingerprint density at radius 3 is 2.50 bits per heavy atom. The van der Waals surface area contributed by atoms with Gasteiger partial charge in [0.1, 0.15) is 0 Å². The van der Waals surface area contributed by atoms with Crippen molar-refractivity contribution in [1.29, 1.82) is 0 Å². The first kappa shape index (κ1) is 15.3. The molecule has 0 aromatic heterocycles. The summed E-state index contributed by atoms with van der Waals surface area (Å²) in [5.41, 5.74) is 7.57. The molecule has 0 atom stereocenters. The molecule has 0 saturated heterocycles. The third-order valence-electron chi connectivity index (χ3n) is 3.00. The lowest BCUT2D eigenvalue weighted by Crippen LogP contribution is -2.27. The Balaban J connectivity index is 2.51. The first-order valence-corrected chi connectivity index (χ1v) is 6.81. The molecule has 0 unspecified atom stereocenters. The van der Waals surface area contributed by atoms with E-state index in [-0.39, 0.29) is 0 Å². The Hall–Kier alpha value is -0.770. The summed E-state index contributed by atoms with van der Waals surface area (Å²) in [4.78, 5) is 4.62. The minimum atomic E-state index is 0.722. The van der Waals surface area contributed by atoms with Gasteiger partial charge in [-0.25, -0.2) is 0 Å². The summed E-state index contributed by atoms with van der Waals surface area (Å²) in [6.07, 6.45) is 1.17. The zero-order chi connectivity index (χ0) is 13.5. The second-order valence-electron chi connectivity index (χ2n) is 4.88. The largest absolute Gasteiger partial charge is 0.399 e. The predicted molar refractivity (Wildman–Crippen MR) is 80.0 cm³/mol. The molecule has 0 aliphatic rings. The third-order valence-corrected chi connectivity index (χ3v) is 3.35. The van der Waals surface area contributed by atoms with Crippen molar-refractivity contribution in [2.75, 3.05) is 39.5 Å². The average Bonchev–Trinajstić information content (AvgIpc) is 2.30. The molecule has 1 aromatic carbocycles. The fraction of sp³-hybridized carbons (Fsp3) is 0.571. The van der Waals surface area contributed by atoms with Crippen LogP contribution < -0.4 is 5.73 Å². The van der Waals surface area contributed by atoms with Crippen molar-refractivity contribution in [3.05, 3.63) is 28.8 Å². The molecular formula is C14H24ClN3. The highest BCUT2D eigenvalue weighted by Gasteiger charge is 2.07. The van der Waals surface area contributed by atoms with Crippen molar-refractivity contribution in [2.24, 2.45) is 0 Å². The standard InChI is InChI=1S/C14H24ClN3/c1-4-18(9-5-8-17(2)3)11-12-6-7-13(16)10-14(12)15/h6-7,10H,4-5,8-9,11,16H2,1-3H3. The molecule has 0 aliphatic carbocycles. The van der Waals surface area contributed by atoms with Crippen LogP contribution in [-0.2, 0) is 6.54 Å². The van der Waals surface area contributed by atoms with Crippen LogP contribution >= 0.6 is 11.6 Å². The number of hydrogen-bond donors (Lipinski definition) is 1. The number of nitrogens with zero attached hydrogens (tertiary/aromatic N) is 2. The highest BCUT2D eigenvalue weighted by molar-refractivity contribution is 6.31.